The van der Waals surface area contributed by atoms with E-state index >= 15 is 0 Å². The zero-order valence-corrected chi connectivity index (χ0v) is 13.3. The van der Waals surface area contributed by atoms with Crippen LogP contribution in [0.5, 0.6) is 0 Å². The fourth-order valence-electron chi connectivity index (χ4n) is 2.24. The second-order valence-electron chi connectivity index (χ2n) is 5.02. The number of benzene rings is 2. The highest BCUT2D eigenvalue weighted by atomic mass is 35.5. The number of hydrogen-bond acceptors (Lipinski definition) is 6. The number of ether oxygens (including phenoxy) is 1. The Labute approximate surface area is 145 Å². The molecule has 0 aliphatic carbocycles. The monoisotopic (exact) mass is 359 g/mol. The average Bonchev–Trinajstić information content (AvgIpc) is 2.59. The maximum atomic E-state index is 12.1. The van der Waals surface area contributed by atoms with Crippen LogP contribution in [0.4, 0.5) is 5.69 Å². The molecule has 126 valence electrons. The van der Waals surface area contributed by atoms with Gasteiger partial charge in [-0.2, -0.15) is 0 Å². The number of aromatic amines is 1. The van der Waals surface area contributed by atoms with E-state index in [1.165, 1.54) is 12.1 Å². The van der Waals surface area contributed by atoms with Crippen LogP contribution in [0.1, 0.15) is 16.2 Å². The first-order chi connectivity index (χ1) is 12.0. The van der Waals surface area contributed by atoms with Gasteiger partial charge in [-0.25, -0.2) is 9.78 Å². The summed E-state index contributed by atoms with van der Waals surface area (Å²) < 4.78 is 5.03. The average molecular weight is 360 g/mol. The van der Waals surface area contributed by atoms with E-state index in [4.69, 9.17) is 16.3 Å². The number of nitrogens with zero attached hydrogens (tertiary/aromatic N) is 2. The van der Waals surface area contributed by atoms with Gasteiger partial charge in [-0.05, 0) is 24.3 Å². The van der Waals surface area contributed by atoms with E-state index in [1.807, 2.05) is 0 Å². The van der Waals surface area contributed by atoms with Gasteiger partial charge in [0.1, 0.15) is 18.0 Å². The molecule has 0 aliphatic heterocycles. The number of fused-ring (bicyclic) bond motifs is 1. The summed E-state index contributed by atoms with van der Waals surface area (Å²) in [5.74, 6) is -0.784. The fraction of sp³-hybridized carbons (Fsp3) is 0.0625. The largest absolute Gasteiger partial charge is 0.454 e. The van der Waals surface area contributed by atoms with Crippen LogP contribution in [0.15, 0.2) is 47.3 Å². The van der Waals surface area contributed by atoms with E-state index in [0.717, 1.165) is 6.07 Å². The summed E-state index contributed by atoms with van der Waals surface area (Å²) in [5, 5.41) is 11.6. The number of hydrogen-bond donors (Lipinski definition) is 1. The van der Waals surface area contributed by atoms with E-state index in [9.17, 15) is 19.7 Å². The van der Waals surface area contributed by atoms with Gasteiger partial charge in [-0.1, -0.05) is 23.7 Å². The lowest BCUT2D eigenvalue weighted by atomic mass is 10.2. The molecule has 0 spiro atoms. The third-order valence-electron chi connectivity index (χ3n) is 3.38. The van der Waals surface area contributed by atoms with Gasteiger partial charge in [-0.15, -0.1) is 0 Å². The third kappa shape index (κ3) is 3.48. The Bertz CT molecular complexity index is 1050. The highest BCUT2D eigenvalue weighted by Crippen LogP contribution is 2.24. The van der Waals surface area contributed by atoms with Crippen molar-refractivity contribution in [1.29, 1.82) is 0 Å². The molecule has 3 rings (SSSR count). The third-order valence-corrected chi connectivity index (χ3v) is 3.61. The molecule has 0 atom stereocenters. The number of aromatic nitrogens is 2. The number of rotatable bonds is 4. The van der Waals surface area contributed by atoms with Gasteiger partial charge in [0.2, 0.25) is 0 Å². The molecule has 0 saturated heterocycles. The topological polar surface area (TPSA) is 115 Å². The highest BCUT2D eigenvalue weighted by Gasteiger charge is 2.22. The Morgan fingerprint density at radius 3 is 2.80 bits per heavy atom. The van der Waals surface area contributed by atoms with Gasteiger partial charge < -0.3 is 9.72 Å². The number of H-pyrrole nitrogens is 1. The SMILES string of the molecule is O=C(OCc1nc2ccccc2c(=O)[nH]1)c1ccc(Cl)cc1[N+](=O)[O-]. The summed E-state index contributed by atoms with van der Waals surface area (Å²) in [7, 11) is 0. The molecule has 0 radical (unpaired) electrons. The van der Waals surface area contributed by atoms with E-state index in [1.54, 1.807) is 24.3 Å². The van der Waals surface area contributed by atoms with Crippen molar-refractivity contribution in [2.75, 3.05) is 0 Å². The molecular weight excluding hydrogens is 350 g/mol. The van der Waals surface area contributed by atoms with Crippen molar-refractivity contribution in [3.8, 4) is 0 Å². The molecule has 2 aromatic carbocycles. The standard InChI is InChI=1S/C16H10ClN3O5/c17-9-5-6-11(13(7-9)20(23)24)16(22)25-8-14-18-12-4-2-1-3-10(12)15(21)19-14/h1-7H,8H2,(H,18,19,21). The molecular formula is C16H10ClN3O5. The van der Waals surface area contributed by atoms with Gasteiger partial charge in [0.25, 0.3) is 11.2 Å². The Morgan fingerprint density at radius 2 is 2.04 bits per heavy atom. The molecule has 0 fully saturated rings. The molecule has 0 amide bonds. The fourth-order valence-corrected chi connectivity index (χ4v) is 2.41. The number of para-hydroxylation sites is 1. The second kappa shape index (κ2) is 6.70. The summed E-state index contributed by atoms with van der Waals surface area (Å²) in [6.07, 6.45) is 0. The zero-order chi connectivity index (χ0) is 18.0. The quantitative estimate of drug-likeness (QED) is 0.435. The van der Waals surface area contributed by atoms with E-state index < -0.39 is 16.6 Å². The lowest BCUT2D eigenvalue weighted by Crippen LogP contribution is -2.15. The Hall–Kier alpha value is -3.26. The van der Waals surface area contributed by atoms with Gasteiger partial charge in [-0.3, -0.25) is 14.9 Å². The van der Waals surface area contributed by atoms with Crippen LogP contribution < -0.4 is 5.56 Å². The minimum absolute atomic E-state index is 0.128. The van der Waals surface area contributed by atoms with Gasteiger partial charge in [0.15, 0.2) is 0 Å². The molecule has 0 bridgehead atoms. The van der Waals surface area contributed by atoms with Crippen LogP contribution in [0.2, 0.25) is 5.02 Å². The van der Waals surface area contributed by atoms with Crippen molar-refractivity contribution >= 4 is 34.2 Å². The van der Waals surface area contributed by atoms with Crippen molar-refractivity contribution in [3.63, 3.8) is 0 Å². The van der Waals surface area contributed by atoms with E-state index in [0.29, 0.717) is 10.9 Å². The first-order valence-corrected chi connectivity index (χ1v) is 7.42. The number of nitro groups is 1. The van der Waals surface area contributed by atoms with Crippen molar-refractivity contribution in [2.24, 2.45) is 0 Å². The Morgan fingerprint density at radius 1 is 1.28 bits per heavy atom. The molecule has 8 nitrogen and oxygen atoms in total. The number of nitro benzene ring substituents is 1. The van der Waals surface area contributed by atoms with Crippen molar-refractivity contribution in [2.45, 2.75) is 6.61 Å². The molecule has 0 aliphatic rings. The molecule has 1 aromatic heterocycles. The Balaban J connectivity index is 1.84. The highest BCUT2D eigenvalue weighted by molar-refractivity contribution is 6.31. The predicted octanol–water partition coefficient (Wildman–Crippen LogP) is 2.84. The van der Waals surface area contributed by atoms with Crippen LogP contribution in [-0.4, -0.2) is 20.9 Å². The van der Waals surface area contributed by atoms with E-state index in [-0.39, 0.29) is 28.6 Å². The molecule has 0 saturated carbocycles. The summed E-state index contributed by atoms with van der Waals surface area (Å²) in [6, 6.07) is 10.3. The van der Waals surface area contributed by atoms with Gasteiger partial charge >= 0.3 is 5.97 Å². The first kappa shape index (κ1) is 16.6. The number of carbonyl (C=O) groups is 1. The van der Waals surface area contributed by atoms with Crippen LogP contribution in [-0.2, 0) is 11.3 Å². The van der Waals surface area contributed by atoms with Crippen LogP contribution in [0.3, 0.4) is 0 Å². The molecule has 25 heavy (non-hydrogen) atoms. The van der Waals surface area contributed by atoms with Crippen LogP contribution >= 0.6 is 11.6 Å². The van der Waals surface area contributed by atoms with Crippen molar-refractivity contribution in [3.05, 3.63) is 79.3 Å². The summed E-state index contributed by atoms with van der Waals surface area (Å²) in [4.78, 5) is 41.1. The molecule has 9 heteroatoms. The minimum Gasteiger partial charge on any atom is -0.454 e. The number of nitrogens with one attached hydrogen (secondary N) is 1. The van der Waals surface area contributed by atoms with Crippen molar-refractivity contribution < 1.29 is 14.5 Å². The van der Waals surface area contributed by atoms with Gasteiger partial charge in [0, 0.05) is 11.1 Å². The van der Waals surface area contributed by atoms with Crippen LogP contribution in [0.25, 0.3) is 10.9 Å². The molecule has 1 heterocycles. The van der Waals surface area contributed by atoms with Gasteiger partial charge in [0.05, 0.1) is 15.8 Å². The molecule has 1 N–H and O–H groups in total. The maximum Gasteiger partial charge on any atom is 0.345 e. The second-order valence-corrected chi connectivity index (χ2v) is 5.46. The summed E-state index contributed by atoms with van der Waals surface area (Å²) in [5.41, 5.74) is -0.612. The smallest absolute Gasteiger partial charge is 0.345 e. The number of carbonyl (C=O) groups excluding carboxylic acids is 1. The predicted molar refractivity (Wildman–Crippen MR) is 89.6 cm³/mol. The molecule has 0 unspecified atom stereocenters. The zero-order valence-electron chi connectivity index (χ0n) is 12.6. The van der Waals surface area contributed by atoms with E-state index in [2.05, 4.69) is 9.97 Å². The summed E-state index contributed by atoms with van der Waals surface area (Å²) in [6.45, 7) is -0.335. The molecule has 3 aromatic rings. The lowest BCUT2D eigenvalue weighted by molar-refractivity contribution is -0.385. The lowest BCUT2D eigenvalue weighted by Gasteiger charge is -2.06. The Kier molecular flexibility index (Phi) is 4.44. The summed E-state index contributed by atoms with van der Waals surface area (Å²) >= 11 is 5.71. The van der Waals surface area contributed by atoms with Crippen LogP contribution in [0, 0.1) is 10.1 Å². The number of esters is 1. The minimum atomic E-state index is -0.917. The van der Waals surface area contributed by atoms with Crippen molar-refractivity contribution in [1.82, 2.24) is 9.97 Å². The normalized spacial score (nSPS) is 10.6. The first-order valence-electron chi connectivity index (χ1n) is 7.04. The number of halogens is 1. The maximum absolute atomic E-state index is 12.1.